The van der Waals surface area contributed by atoms with E-state index in [4.69, 9.17) is 16.3 Å². The summed E-state index contributed by atoms with van der Waals surface area (Å²) >= 11 is 6.07. The van der Waals surface area contributed by atoms with Crippen LogP contribution in [0.15, 0.2) is 59.4 Å². The standard InChI is InChI=1S/C30H32ClF2N5O4/c1-35-28(39)12-11-27(34-35)37-17-23(22-10-9-21(32)16-25(22)33)24(18-37)29(40)36-13-3-4-26(19-5-7-20(31)8-6-19)38(15-14-36)30(41)42-2/h5-12,16,23-24,26H,3-4,13-15,17-18H2,1-2H3/t23-,24?,26?/m0/s1. The maximum Gasteiger partial charge on any atom is 0.410 e. The molecule has 2 unspecified atom stereocenters. The predicted octanol–water partition coefficient (Wildman–Crippen LogP) is 4.36. The molecule has 0 aliphatic carbocycles. The Morgan fingerprint density at radius 3 is 2.45 bits per heavy atom. The molecule has 2 amide bonds. The summed E-state index contributed by atoms with van der Waals surface area (Å²) in [6.07, 6.45) is 0.708. The summed E-state index contributed by atoms with van der Waals surface area (Å²) in [5.74, 6) is -2.37. The van der Waals surface area contributed by atoms with Gasteiger partial charge in [0.1, 0.15) is 17.5 Å². The molecular weight excluding hydrogens is 568 g/mol. The summed E-state index contributed by atoms with van der Waals surface area (Å²) < 4.78 is 35.1. The largest absolute Gasteiger partial charge is 0.453 e. The van der Waals surface area contributed by atoms with Gasteiger partial charge in [-0.05, 0) is 48.2 Å². The fourth-order valence-corrected chi connectivity index (χ4v) is 6.09. The highest BCUT2D eigenvalue weighted by Gasteiger charge is 2.42. The Hall–Kier alpha value is -3.99. The SMILES string of the molecule is COC(=O)N1CCN(C(=O)C2CN(c3ccc(=O)n(C)n3)C[C@H]2c2ccc(F)cc2F)CCCC1c1ccc(Cl)cc1. The van der Waals surface area contributed by atoms with Crippen molar-refractivity contribution in [1.29, 1.82) is 0 Å². The van der Waals surface area contributed by atoms with Crippen LogP contribution in [0.2, 0.25) is 5.02 Å². The molecule has 3 aromatic rings. The lowest BCUT2D eigenvalue weighted by Gasteiger charge is -2.37. The first kappa shape index (κ1) is 29.5. The topological polar surface area (TPSA) is 88.0 Å². The monoisotopic (exact) mass is 599 g/mol. The van der Waals surface area contributed by atoms with Crippen LogP contribution in [0.4, 0.5) is 19.4 Å². The third-order valence-corrected chi connectivity index (χ3v) is 8.39. The highest BCUT2D eigenvalue weighted by molar-refractivity contribution is 6.30. The first-order valence-corrected chi connectivity index (χ1v) is 14.2. The van der Waals surface area contributed by atoms with Gasteiger partial charge in [0.25, 0.3) is 5.56 Å². The third-order valence-electron chi connectivity index (χ3n) is 8.14. The molecular formula is C30H32ClF2N5O4. The summed E-state index contributed by atoms with van der Waals surface area (Å²) in [6, 6.07) is 13.4. The zero-order chi connectivity index (χ0) is 30.0. The van der Waals surface area contributed by atoms with Crippen molar-refractivity contribution in [3.63, 3.8) is 0 Å². The number of ether oxygens (including phenoxy) is 1. The van der Waals surface area contributed by atoms with E-state index in [-0.39, 0.29) is 49.3 Å². The normalized spacial score (nSPS) is 21.2. The first-order chi connectivity index (χ1) is 20.2. The van der Waals surface area contributed by atoms with E-state index in [0.29, 0.717) is 30.2 Å². The summed E-state index contributed by atoms with van der Waals surface area (Å²) in [7, 11) is 2.86. The average Bonchev–Trinajstić information content (AvgIpc) is 3.40. The van der Waals surface area contributed by atoms with Gasteiger partial charge in [0.2, 0.25) is 5.91 Å². The van der Waals surface area contributed by atoms with Gasteiger partial charge in [-0.25, -0.2) is 18.3 Å². The molecule has 2 aliphatic heterocycles. The molecule has 2 saturated heterocycles. The Morgan fingerprint density at radius 1 is 1.00 bits per heavy atom. The second-order valence-corrected chi connectivity index (χ2v) is 11.1. The fourth-order valence-electron chi connectivity index (χ4n) is 5.97. The molecule has 42 heavy (non-hydrogen) atoms. The first-order valence-electron chi connectivity index (χ1n) is 13.8. The molecule has 0 N–H and O–H groups in total. The molecule has 0 saturated carbocycles. The molecule has 12 heteroatoms. The third kappa shape index (κ3) is 6.11. The van der Waals surface area contributed by atoms with E-state index < -0.39 is 29.6 Å². The molecule has 2 aromatic carbocycles. The van der Waals surface area contributed by atoms with Gasteiger partial charge in [0.05, 0.1) is 19.1 Å². The van der Waals surface area contributed by atoms with Gasteiger partial charge in [-0.1, -0.05) is 29.8 Å². The van der Waals surface area contributed by atoms with Crippen LogP contribution in [-0.2, 0) is 16.6 Å². The van der Waals surface area contributed by atoms with Crippen molar-refractivity contribution >= 4 is 29.4 Å². The lowest BCUT2D eigenvalue weighted by atomic mass is 9.87. The molecule has 0 bridgehead atoms. The van der Waals surface area contributed by atoms with Crippen molar-refractivity contribution in [2.45, 2.75) is 24.8 Å². The lowest BCUT2D eigenvalue weighted by Crippen LogP contribution is -2.47. The van der Waals surface area contributed by atoms with Crippen molar-refractivity contribution in [2.24, 2.45) is 13.0 Å². The maximum absolute atomic E-state index is 15.0. The van der Waals surface area contributed by atoms with Gasteiger partial charge in [0, 0.05) is 62.8 Å². The van der Waals surface area contributed by atoms with Gasteiger partial charge in [-0.3, -0.25) is 14.5 Å². The minimum atomic E-state index is -0.719. The minimum absolute atomic E-state index is 0.189. The van der Waals surface area contributed by atoms with Gasteiger partial charge < -0.3 is 14.5 Å². The number of amides is 2. The van der Waals surface area contributed by atoms with Gasteiger partial charge >= 0.3 is 6.09 Å². The molecule has 222 valence electrons. The van der Waals surface area contributed by atoms with E-state index >= 15 is 4.39 Å². The smallest absolute Gasteiger partial charge is 0.410 e. The van der Waals surface area contributed by atoms with Crippen LogP contribution in [0.5, 0.6) is 0 Å². The number of aromatic nitrogens is 2. The van der Waals surface area contributed by atoms with Crippen molar-refractivity contribution in [1.82, 2.24) is 19.6 Å². The number of carbonyl (C=O) groups is 2. The highest BCUT2D eigenvalue weighted by atomic mass is 35.5. The number of benzene rings is 2. The number of hydrogen-bond donors (Lipinski definition) is 0. The van der Waals surface area contributed by atoms with E-state index in [1.807, 2.05) is 17.0 Å². The zero-order valence-electron chi connectivity index (χ0n) is 23.4. The van der Waals surface area contributed by atoms with Crippen molar-refractivity contribution < 1.29 is 23.1 Å². The van der Waals surface area contributed by atoms with Crippen LogP contribution >= 0.6 is 11.6 Å². The molecule has 3 heterocycles. The van der Waals surface area contributed by atoms with Gasteiger partial charge in [-0.15, -0.1) is 0 Å². The second kappa shape index (κ2) is 12.5. The summed E-state index contributed by atoms with van der Waals surface area (Å²) in [6.45, 7) is 1.43. The van der Waals surface area contributed by atoms with E-state index in [0.717, 1.165) is 11.6 Å². The maximum atomic E-state index is 15.0. The van der Waals surface area contributed by atoms with E-state index in [1.165, 1.54) is 37.0 Å². The van der Waals surface area contributed by atoms with Gasteiger partial charge in [-0.2, -0.15) is 5.10 Å². The van der Waals surface area contributed by atoms with E-state index in [9.17, 15) is 18.8 Å². The minimum Gasteiger partial charge on any atom is -0.453 e. The fraction of sp³-hybridized carbons (Fsp3) is 0.400. The molecule has 2 aliphatic rings. The number of rotatable bonds is 4. The number of aryl methyl sites for hydroxylation is 1. The number of nitrogens with zero attached hydrogens (tertiary/aromatic N) is 5. The molecule has 3 atom stereocenters. The van der Waals surface area contributed by atoms with E-state index in [1.54, 1.807) is 28.0 Å². The number of methoxy groups -OCH3 is 1. The quantitative estimate of drug-likeness (QED) is 0.443. The molecule has 1 aromatic heterocycles. The Morgan fingerprint density at radius 2 is 1.76 bits per heavy atom. The van der Waals surface area contributed by atoms with Crippen LogP contribution in [-0.4, -0.2) is 71.4 Å². The highest BCUT2D eigenvalue weighted by Crippen LogP contribution is 2.38. The molecule has 0 radical (unpaired) electrons. The summed E-state index contributed by atoms with van der Waals surface area (Å²) in [4.78, 5) is 44.1. The van der Waals surface area contributed by atoms with Crippen LogP contribution in [0.25, 0.3) is 0 Å². The zero-order valence-corrected chi connectivity index (χ0v) is 24.1. The van der Waals surface area contributed by atoms with Crippen LogP contribution in [0.1, 0.15) is 35.9 Å². The number of hydrogen-bond acceptors (Lipinski definition) is 6. The molecule has 0 spiro atoms. The lowest BCUT2D eigenvalue weighted by molar-refractivity contribution is -0.136. The summed E-state index contributed by atoms with van der Waals surface area (Å²) in [5, 5.41) is 4.91. The molecule has 9 nitrogen and oxygen atoms in total. The van der Waals surface area contributed by atoms with Crippen LogP contribution in [0.3, 0.4) is 0 Å². The number of halogens is 3. The molecule has 5 rings (SSSR count). The Balaban J connectivity index is 1.41. The number of carbonyl (C=O) groups excluding carboxylic acids is 2. The average molecular weight is 600 g/mol. The van der Waals surface area contributed by atoms with Crippen molar-refractivity contribution in [2.75, 3.05) is 44.7 Å². The van der Waals surface area contributed by atoms with E-state index in [2.05, 4.69) is 5.10 Å². The molecule has 2 fully saturated rings. The predicted molar refractivity (Wildman–Crippen MR) is 153 cm³/mol. The van der Waals surface area contributed by atoms with Crippen molar-refractivity contribution in [3.8, 4) is 0 Å². The second-order valence-electron chi connectivity index (χ2n) is 10.6. The Labute approximate surface area is 247 Å². The Bertz CT molecular complexity index is 1520. The number of anilines is 1. The Kier molecular flexibility index (Phi) is 8.77. The van der Waals surface area contributed by atoms with Gasteiger partial charge in [0.15, 0.2) is 0 Å². The van der Waals surface area contributed by atoms with Crippen LogP contribution < -0.4 is 10.5 Å². The van der Waals surface area contributed by atoms with Crippen LogP contribution in [0, 0.1) is 17.6 Å². The van der Waals surface area contributed by atoms with Crippen molar-refractivity contribution in [3.05, 3.63) is 92.7 Å². The summed E-state index contributed by atoms with van der Waals surface area (Å²) in [5.41, 5.74) is 0.889.